The molecular formula is C16H22N2O2. The molecule has 0 aromatic carbocycles. The van der Waals surface area contributed by atoms with Gasteiger partial charge in [0, 0.05) is 18.8 Å². The van der Waals surface area contributed by atoms with Gasteiger partial charge in [0.05, 0.1) is 11.1 Å². The van der Waals surface area contributed by atoms with Gasteiger partial charge in [0.2, 0.25) is 0 Å². The average molecular weight is 274 g/mol. The molecule has 0 spiro atoms. The molecule has 0 aliphatic carbocycles. The molecular weight excluding hydrogens is 252 g/mol. The van der Waals surface area contributed by atoms with Gasteiger partial charge in [-0.25, -0.2) is 4.98 Å². The number of aromatic nitrogens is 2. The quantitative estimate of drug-likeness (QED) is 0.840. The fourth-order valence-corrected chi connectivity index (χ4v) is 2.66. The first-order chi connectivity index (χ1) is 9.61. The van der Waals surface area contributed by atoms with Gasteiger partial charge in [0.1, 0.15) is 5.65 Å². The predicted octanol–water partition coefficient (Wildman–Crippen LogP) is 3.55. The van der Waals surface area contributed by atoms with Gasteiger partial charge in [-0.3, -0.25) is 4.79 Å². The van der Waals surface area contributed by atoms with E-state index in [1.165, 1.54) is 0 Å². The number of fused-ring (bicyclic) bond motifs is 1. The minimum atomic E-state index is -0.703. The molecule has 1 N–H and O–H groups in total. The maximum atomic E-state index is 11.7. The Hall–Kier alpha value is -1.84. The van der Waals surface area contributed by atoms with Gasteiger partial charge in [-0.15, -0.1) is 0 Å². The molecule has 0 saturated carbocycles. The fourth-order valence-electron chi connectivity index (χ4n) is 2.66. The van der Waals surface area contributed by atoms with Crippen molar-refractivity contribution >= 4 is 11.6 Å². The highest BCUT2D eigenvalue weighted by molar-refractivity contribution is 5.75. The number of hydrogen-bond acceptors (Lipinski definition) is 2. The zero-order valence-corrected chi connectivity index (χ0v) is 12.2. The van der Waals surface area contributed by atoms with E-state index in [2.05, 4.69) is 11.9 Å². The number of nitrogens with zero attached hydrogens (tertiary/aromatic N) is 2. The Morgan fingerprint density at radius 3 is 2.80 bits per heavy atom. The molecule has 108 valence electrons. The minimum absolute atomic E-state index is 0.501. The number of rotatable bonds is 7. The van der Waals surface area contributed by atoms with Crippen molar-refractivity contribution in [3.05, 3.63) is 36.3 Å². The largest absolute Gasteiger partial charge is 0.481 e. The second-order valence-corrected chi connectivity index (χ2v) is 5.42. The van der Waals surface area contributed by atoms with Crippen LogP contribution in [0.3, 0.4) is 0 Å². The van der Waals surface area contributed by atoms with Crippen molar-refractivity contribution in [3.63, 3.8) is 0 Å². The van der Waals surface area contributed by atoms with Crippen molar-refractivity contribution in [2.24, 2.45) is 5.41 Å². The summed E-state index contributed by atoms with van der Waals surface area (Å²) in [4.78, 5) is 16.3. The van der Waals surface area contributed by atoms with E-state index in [1.54, 1.807) is 0 Å². The van der Waals surface area contributed by atoms with Gasteiger partial charge < -0.3 is 9.51 Å². The predicted molar refractivity (Wildman–Crippen MR) is 78.8 cm³/mol. The van der Waals surface area contributed by atoms with Crippen molar-refractivity contribution in [1.29, 1.82) is 0 Å². The molecule has 0 aliphatic heterocycles. The lowest BCUT2D eigenvalue weighted by atomic mass is 9.76. The number of unbranched alkanes of at least 4 members (excludes halogenated alkanes) is 1. The van der Waals surface area contributed by atoms with Crippen molar-refractivity contribution in [3.8, 4) is 0 Å². The molecule has 0 amide bonds. The Bertz CT molecular complexity index is 558. The van der Waals surface area contributed by atoms with Crippen LogP contribution in [0.25, 0.3) is 5.65 Å². The summed E-state index contributed by atoms with van der Waals surface area (Å²) in [5, 5.41) is 9.65. The zero-order valence-electron chi connectivity index (χ0n) is 12.2. The maximum absolute atomic E-state index is 11.7. The Labute approximate surface area is 119 Å². The van der Waals surface area contributed by atoms with Crippen LogP contribution in [0.5, 0.6) is 0 Å². The maximum Gasteiger partial charge on any atom is 0.310 e. The Kier molecular flexibility index (Phi) is 4.42. The number of pyridine rings is 1. The van der Waals surface area contributed by atoms with Crippen LogP contribution in [0.15, 0.2) is 30.6 Å². The van der Waals surface area contributed by atoms with Crippen molar-refractivity contribution in [1.82, 2.24) is 9.38 Å². The summed E-state index contributed by atoms with van der Waals surface area (Å²) in [6, 6.07) is 5.82. The summed E-state index contributed by atoms with van der Waals surface area (Å²) in [5.74, 6) is -0.703. The molecule has 0 radical (unpaired) electrons. The standard InChI is InChI=1S/C16H22N2O2/c1-3-5-9-16(4-2,15(19)20)11-13-12-18-10-7-6-8-14(18)17-13/h6-8,10,12H,3-5,9,11H2,1-2H3,(H,19,20). The molecule has 0 saturated heterocycles. The van der Waals surface area contributed by atoms with Gasteiger partial charge in [-0.2, -0.15) is 0 Å². The summed E-state index contributed by atoms with van der Waals surface area (Å²) in [7, 11) is 0. The van der Waals surface area contributed by atoms with Gasteiger partial charge in [0.15, 0.2) is 0 Å². The van der Waals surface area contributed by atoms with E-state index in [1.807, 2.05) is 41.9 Å². The SMILES string of the molecule is CCCCC(CC)(Cc1cn2ccccc2n1)C(=O)O. The molecule has 4 heteroatoms. The normalized spacial score (nSPS) is 14.3. The third-order valence-corrected chi connectivity index (χ3v) is 4.07. The third-order valence-electron chi connectivity index (χ3n) is 4.07. The fraction of sp³-hybridized carbons (Fsp3) is 0.500. The van der Waals surface area contributed by atoms with Crippen LogP contribution in [0.2, 0.25) is 0 Å². The molecule has 1 atom stereocenters. The number of imidazole rings is 1. The van der Waals surface area contributed by atoms with E-state index >= 15 is 0 Å². The molecule has 1 unspecified atom stereocenters. The van der Waals surface area contributed by atoms with Crippen LogP contribution < -0.4 is 0 Å². The Morgan fingerprint density at radius 2 is 2.20 bits per heavy atom. The van der Waals surface area contributed by atoms with Crippen LogP contribution in [0.4, 0.5) is 0 Å². The summed E-state index contributed by atoms with van der Waals surface area (Å²) >= 11 is 0. The van der Waals surface area contributed by atoms with Crippen LogP contribution in [0.1, 0.15) is 45.2 Å². The lowest BCUT2D eigenvalue weighted by molar-refractivity contribution is -0.149. The molecule has 0 aliphatic rings. The number of carboxylic acid groups (broad SMARTS) is 1. The van der Waals surface area contributed by atoms with E-state index in [9.17, 15) is 9.90 Å². The molecule has 4 nitrogen and oxygen atoms in total. The summed E-state index contributed by atoms with van der Waals surface area (Å²) < 4.78 is 1.94. The summed E-state index contributed by atoms with van der Waals surface area (Å²) in [5.41, 5.74) is 1.04. The topological polar surface area (TPSA) is 54.6 Å². The first kappa shape index (κ1) is 14.6. The van der Waals surface area contributed by atoms with Gasteiger partial charge in [-0.1, -0.05) is 32.8 Å². The van der Waals surface area contributed by atoms with Gasteiger partial charge in [-0.05, 0) is 25.0 Å². The molecule has 20 heavy (non-hydrogen) atoms. The highest BCUT2D eigenvalue weighted by Crippen LogP contribution is 2.33. The van der Waals surface area contributed by atoms with Crippen LogP contribution >= 0.6 is 0 Å². The lowest BCUT2D eigenvalue weighted by Crippen LogP contribution is -2.33. The van der Waals surface area contributed by atoms with Crippen LogP contribution in [-0.4, -0.2) is 20.5 Å². The van der Waals surface area contributed by atoms with E-state index < -0.39 is 11.4 Å². The van der Waals surface area contributed by atoms with Crippen molar-refractivity contribution < 1.29 is 9.90 Å². The number of carbonyl (C=O) groups is 1. The van der Waals surface area contributed by atoms with E-state index in [0.717, 1.165) is 24.2 Å². The molecule has 0 bridgehead atoms. The van der Waals surface area contributed by atoms with Crippen molar-refractivity contribution in [2.75, 3.05) is 0 Å². The van der Waals surface area contributed by atoms with E-state index in [4.69, 9.17) is 0 Å². The second kappa shape index (κ2) is 6.07. The smallest absolute Gasteiger partial charge is 0.310 e. The summed E-state index contributed by atoms with van der Waals surface area (Å²) in [6.45, 7) is 4.05. The molecule has 2 aromatic rings. The molecule has 2 heterocycles. The number of aliphatic carboxylic acids is 1. The lowest BCUT2D eigenvalue weighted by Gasteiger charge is -2.27. The van der Waals surface area contributed by atoms with Crippen LogP contribution in [0, 0.1) is 5.41 Å². The summed E-state index contributed by atoms with van der Waals surface area (Å²) in [6.07, 6.45) is 7.68. The van der Waals surface area contributed by atoms with Gasteiger partial charge >= 0.3 is 5.97 Å². The van der Waals surface area contributed by atoms with Crippen molar-refractivity contribution in [2.45, 2.75) is 46.0 Å². The molecule has 2 rings (SSSR count). The second-order valence-electron chi connectivity index (χ2n) is 5.42. The van der Waals surface area contributed by atoms with E-state index in [-0.39, 0.29) is 0 Å². The molecule has 0 fully saturated rings. The average Bonchev–Trinajstić information content (AvgIpc) is 2.85. The monoisotopic (exact) mass is 274 g/mol. The number of carboxylic acids is 1. The molecule has 2 aromatic heterocycles. The minimum Gasteiger partial charge on any atom is -0.481 e. The van der Waals surface area contributed by atoms with E-state index in [0.29, 0.717) is 19.3 Å². The highest BCUT2D eigenvalue weighted by Gasteiger charge is 2.36. The zero-order chi connectivity index (χ0) is 14.6. The van der Waals surface area contributed by atoms with Crippen LogP contribution in [-0.2, 0) is 11.2 Å². The highest BCUT2D eigenvalue weighted by atomic mass is 16.4. The number of hydrogen-bond donors (Lipinski definition) is 1. The first-order valence-electron chi connectivity index (χ1n) is 7.27. The first-order valence-corrected chi connectivity index (χ1v) is 7.27. The third kappa shape index (κ3) is 2.84. The Balaban J connectivity index is 2.28. The van der Waals surface area contributed by atoms with Gasteiger partial charge in [0.25, 0.3) is 0 Å². The Morgan fingerprint density at radius 1 is 1.40 bits per heavy atom.